The lowest BCUT2D eigenvalue weighted by molar-refractivity contribution is 0.101. The quantitative estimate of drug-likeness (QED) is 0.691. The van der Waals surface area contributed by atoms with Crippen molar-refractivity contribution in [3.63, 3.8) is 0 Å². The van der Waals surface area contributed by atoms with E-state index in [1.54, 1.807) is 49.4 Å². The van der Waals surface area contributed by atoms with Crippen LogP contribution in [-0.2, 0) is 0 Å². The highest BCUT2D eigenvalue weighted by Crippen LogP contribution is 2.16. The van der Waals surface area contributed by atoms with E-state index >= 15 is 0 Å². The van der Waals surface area contributed by atoms with Gasteiger partial charge in [-0.1, -0.05) is 5.16 Å². The van der Waals surface area contributed by atoms with E-state index in [-0.39, 0.29) is 17.4 Å². The van der Waals surface area contributed by atoms with Crippen molar-refractivity contribution in [2.45, 2.75) is 13.8 Å². The maximum Gasteiger partial charge on any atom is 0.274 e. The third-order valence-electron chi connectivity index (χ3n) is 3.45. The Morgan fingerprint density at radius 3 is 2.32 bits per heavy atom. The standard InChI is InChI=1S/C18H16N4O3/c1-11-9-17(22-25-11)20-15-7-8-16(19-10-15)18(24)21-14-5-3-13(4-6-14)12(2)23/h3-10H,1-2H3,(H,20,22)(H,21,24). The molecule has 7 heteroatoms. The van der Waals surface area contributed by atoms with E-state index in [0.717, 1.165) is 0 Å². The van der Waals surface area contributed by atoms with Gasteiger partial charge in [-0.3, -0.25) is 9.59 Å². The smallest absolute Gasteiger partial charge is 0.274 e. The van der Waals surface area contributed by atoms with Crippen molar-refractivity contribution >= 4 is 28.9 Å². The molecule has 0 fully saturated rings. The monoisotopic (exact) mass is 336 g/mol. The summed E-state index contributed by atoms with van der Waals surface area (Å²) in [6, 6.07) is 11.8. The lowest BCUT2D eigenvalue weighted by atomic mass is 10.1. The second kappa shape index (κ2) is 6.96. The van der Waals surface area contributed by atoms with Crippen molar-refractivity contribution < 1.29 is 14.1 Å². The Balaban J connectivity index is 1.65. The van der Waals surface area contributed by atoms with Gasteiger partial charge >= 0.3 is 0 Å². The highest BCUT2D eigenvalue weighted by atomic mass is 16.5. The van der Waals surface area contributed by atoms with Gasteiger partial charge in [-0.25, -0.2) is 4.98 Å². The first-order valence-electron chi connectivity index (χ1n) is 7.60. The molecular weight excluding hydrogens is 320 g/mol. The van der Waals surface area contributed by atoms with E-state index in [4.69, 9.17) is 4.52 Å². The summed E-state index contributed by atoms with van der Waals surface area (Å²) in [6.07, 6.45) is 1.54. The molecule has 1 amide bonds. The number of benzene rings is 1. The molecule has 2 heterocycles. The van der Waals surface area contributed by atoms with Crippen LogP contribution < -0.4 is 10.6 Å². The molecule has 2 aromatic heterocycles. The zero-order chi connectivity index (χ0) is 17.8. The molecule has 3 rings (SSSR count). The minimum absolute atomic E-state index is 0.0232. The minimum Gasteiger partial charge on any atom is -0.360 e. The van der Waals surface area contributed by atoms with E-state index in [1.165, 1.54) is 13.1 Å². The summed E-state index contributed by atoms with van der Waals surface area (Å²) in [7, 11) is 0. The Labute approximate surface area is 144 Å². The molecule has 0 radical (unpaired) electrons. The van der Waals surface area contributed by atoms with Crippen molar-refractivity contribution in [3.05, 3.63) is 65.7 Å². The van der Waals surface area contributed by atoms with Crippen LogP contribution in [0.15, 0.2) is 53.2 Å². The number of carbonyl (C=O) groups is 2. The molecule has 25 heavy (non-hydrogen) atoms. The summed E-state index contributed by atoms with van der Waals surface area (Å²) >= 11 is 0. The van der Waals surface area contributed by atoms with Gasteiger partial charge in [0.1, 0.15) is 11.5 Å². The molecule has 0 spiro atoms. The summed E-state index contributed by atoms with van der Waals surface area (Å²) in [5.41, 5.74) is 2.15. The summed E-state index contributed by atoms with van der Waals surface area (Å²) in [5, 5.41) is 9.59. The van der Waals surface area contributed by atoms with Crippen molar-refractivity contribution in [1.82, 2.24) is 10.1 Å². The zero-order valence-corrected chi connectivity index (χ0v) is 13.7. The molecule has 3 aromatic rings. The second-order valence-corrected chi connectivity index (χ2v) is 5.47. The van der Waals surface area contributed by atoms with Crippen LogP contribution in [0.25, 0.3) is 0 Å². The number of hydrogen-bond acceptors (Lipinski definition) is 6. The number of amides is 1. The van der Waals surface area contributed by atoms with Crippen LogP contribution >= 0.6 is 0 Å². The maximum atomic E-state index is 12.2. The van der Waals surface area contributed by atoms with Gasteiger partial charge in [0.25, 0.3) is 5.91 Å². The van der Waals surface area contributed by atoms with E-state index < -0.39 is 0 Å². The van der Waals surface area contributed by atoms with Crippen molar-refractivity contribution in [1.29, 1.82) is 0 Å². The summed E-state index contributed by atoms with van der Waals surface area (Å²) in [5.74, 6) is 0.911. The van der Waals surface area contributed by atoms with Crippen molar-refractivity contribution in [2.24, 2.45) is 0 Å². The minimum atomic E-state index is -0.334. The fraction of sp³-hybridized carbons (Fsp3) is 0.111. The normalized spacial score (nSPS) is 10.3. The Hall–Kier alpha value is -3.48. The van der Waals surface area contributed by atoms with Gasteiger partial charge in [0.05, 0.1) is 11.9 Å². The largest absolute Gasteiger partial charge is 0.360 e. The van der Waals surface area contributed by atoms with Crippen LogP contribution in [-0.4, -0.2) is 21.8 Å². The van der Waals surface area contributed by atoms with Gasteiger partial charge in [-0.05, 0) is 50.2 Å². The second-order valence-electron chi connectivity index (χ2n) is 5.47. The molecule has 0 aliphatic rings. The number of nitrogens with one attached hydrogen (secondary N) is 2. The lowest BCUT2D eigenvalue weighted by Gasteiger charge is -2.06. The highest BCUT2D eigenvalue weighted by Gasteiger charge is 2.09. The number of aryl methyl sites for hydroxylation is 1. The molecule has 7 nitrogen and oxygen atoms in total. The fourth-order valence-corrected chi connectivity index (χ4v) is 2.16. The molecule has 126 valence electrons. The summed E-state index contributed by atoms with van der Waals surface area (Å²) < 4.78 is 4.97. The number of hydrogen-bond donors (Lipinski definition) is 2. The number of anilines is 3. The Bertz CT molecular complexity index is 899. The predicted octanol–water partition coefficient (Wildman–Crippen LogP) is 3.58. The molecule has 0 bridgehead atoms. The first-order valence-corrected chi connectivity index (χ1v) is 7.60. The van der Waals surface area contributed by atoms with Crippen molar-refractivity contribution in [2.75, 3.05) is 10.6 Å². The number of nitrogens with zero attached hydrogens (tertiary/aromatic N) is 2. The highest BCUT2D eigenvalue weighted by molar-refractivity contribution is 6.03. The molecular formula is C18H16N4O3. The number of rotatable bonds is 5. The average molecular weight is 336 g/mol. The molecule has 1 aromatic carbocycles. The van der Waals surface area contributed by atoms with Gasteiger partial charge in [-0.15, -0.1) is 0 Å². The molecule has 0 atom stereocenters. The molecule has 0 unspecified atom stereocenters. The van der Waals surface area contributed by atoms with Crippen LogP contribution in [0, 0.1) is 6.92 Å². The summed E-state index contributed by atoms with van der Waals surface area (Å²) in [4.78, 5) is 27.6. The first-order chi connectivity index (χ1) is 12.0. The van der Waals surface area contributed by atoms with Gasteiger partial charge in [0.15, 0.2) is 11.6 Å². The Morgan fingerprint density at radius 2 is 1.76 bits per heavy atom. The maximum absolute atomic E-state index is 12.2. The first kappa shape index (κ1) is 16.4. The van der Waals surface area contributed by atoms with E-state index in [0.29, 0.717) is 28.5 Å². The number of ketones is 1. The molecule has 2 N–H and O–H groups in total. The number of aromatic nitrogens is 2. The zero-order valence-electron chi connectivity index (χ0n) is 13.7. The summed E-state index contributed by atoms with van der Waals surface area (Å²) in [6.45, 7) is 3.29. The Kier molecular flexibility index (Phi) is 4.56. The Morgan fingerprint density at radius 1 is 1.04 bits per heavy atom. The molecule has 0 saturated heterocycles. The van der Waals surface area contributed by atoms with Crippen LogP contribution in [0.5, 0.6) is 0 Å². The van der Waals surface area contributed by atoms with E-state index in [2.05, 4.69) is 20.8 Å². The third-order valence-corrected chi connectivity index (χ3v) is 3.45. The number of Topliss-reactive ketones (excluding diaryl/α,β-unsaturated/α-hetero) is 1. The molecule has 0 saturated carbocycles. The number of carbonyl (C=O) groups excluding carboxylic acids is 2. The molecule has 0 aliphatic heterocycles. The van der Waals surface area contributed by atoms with Gasteiger partial charge in [0, 0.05) is 17.3 Å². The fourth-order valence-electron chi connectivity index (χ4n) is 2.16. The number of pyridine rings is 1. The lowest BCUT2D eigenvalue weighted by Crippen LogP contribution is -2.13. The topological polar surface area (TPSA) is 97.1 Å². The predicted molar refractivity (Wildman–Crippen MR) is 93.2 cm³/mol. The van der Waals surface area contributed by atoms with Crippen LogP contribution in [0.3, 0.4) is 0 Å². The third kappa shape index (κ3) is 4.08. The van der Waals surface area contributed by atoms with Crippen LogP contribution in [0.1, 0.15) is 33.5 Å². The van der Waals surface area contributed by atoms with E-state index in [1.807, 2.05) is 0 Å². The van der Waals surface area contributed by atoms with Gasteiger partial charge < -0.3 is 15.2 Å². The molecule has 0 aliphatic carbocycles. The van der Waals surface area contributed by atoms with E-state index in [9.17, 15) is 9.59 Å². The SMILES string of the molecule is CC(=O)c1ccc(NC(=O)c2ccc(Nc3cc(C)on3)cn2)cc1. The van der Waals surface area contributed by atoms with Crippen LogP contribution in [0.2, 0.25) is 0 Å². The average Bonchev–Trinajstić information content (AvgIpc) is 3.01. The van der Waals surface area contributed by atoms with Crippen LogP contribution in [0.4, 0.5) is 17.2 Å². The van der Waals surface area contributed by atoms with Gasteiger partial charge in [0.2, 0.25) is 0 Å². The van der Waals surface area contributed by atoms with Crippen molar-refractivity contribution in [3.8, 4) is 0 Å². The van der Waals surface area contributed by atoms with Gasteiger partial charge in [-0.2, -0.15) is 0 Å².